The predicted molar refractivity (Wildman–Crippen MR) is 85.5 cm³/mol. The van der Waals surface area contributed by atoms with Crippen LogP contribution >= 0.6 is 0 Å². The lowest BCUT2D eigenvalue weighted by Gasteiger charge is -2.25. The molecule has 0 spiro atoms. The van der Waals surface area contributed by atoms with Crippen LogP contribution in [-0.2, 0) is 9.59 Å². The maximum Gasteiger partial charge on any atom is 0.224 e. The first-order valence-corrected chi connectivity index (χ1v) is 8.17. The molecule has 0 bridgehead atoms. The van der Waals surface area contributed by atoms with Crippen molar-refractivity contribution in [2.45, 2.75) is 58.8 Å². The molecular formula is C17H30N2O2. The van der Waals surface area contributed by atoms with Crippen LogP contribution in [0.4, 0.5) is 0 Å². The molecule has 0 aliphatic heterocycles. The molecule has 21 heavy (non-hydrogen) atoms. The first-order chi connectivity index (χ1) is 9.95. The minimum atomic E-state index is -0.381. The third-order valence-electron chi connectivity index (χ3n) is 4.47. The molecule has 0 unspecified atom stereocenters. The quantitative estimate of drug-likeness (QED) is 0.642. The van der Waals surface area contributed by atoms with Crippen molar-refractivity contribution in [2.24, 2.45) is 23.5 Å². The molecule has 1 saturated carbocycles. The summed E-state index contributed by atoms with van der Waals surface area (Å²) in [4.78, 5) is 24.1. The first kappa shape index (κ1) is 17.7. The highest BCUT2D eigenvalue weighted by Gasteiger charge is 2.32. The van der Waals surface area contributed by atoms with Crippen LogP contribution in [0.3, 0.4) is 0 Å². The minimum absolute atomic E-state index is 0.0734. The largest absolute Gasteiger partial charge is 0.369 e. The maximum atomic E-state index is 12.3. The molecule has 120 valence electrons. The van der Waals surface area contributed by atoms with Gasteiger partial charge in [-0.05, 0) is 39.0 Å². The van der Waals surface area contributed by atoms with E-state index in [0.29, 0.717) is 18.9 Å². The average Bonchev–Trinajstić information content (AvgIpc) is 2.90. The van der Waals surface area contributed by atoms with Crippen molar-refractivity contribution in [1.29, 1.82) is 0 Å². The van der Waals surface area contributed by atoms with E-state index >= 15 is 0 Å². The molecule has 4 heteroatoms. The summed E-state index contributed by atoms with van der Waals surface area (Å²) in [7, 11) is 0. The molecule has 0 saturated heterocycles. The van der Waals surface area contributed by atoms with Gasteiger partial charge in [-0.25, -0.2) is 0 Å². The van der Waals surface area contributed by atoms with Crippen LogP contribution in [0.1, 0.15) is 58.8 Å². The van der Waals surface area contributed by atoms with E-state index < -0.39 is 0 Å². The summed E-state index contributed by atoms with van der Waals surface area (Å²) in [6, 6.07) is 0. The van der Waals surface area contributed by atoms with E-state index in [2.05, 4.69) is 11.9 Å². The number of hydrogen-bond acceptors (Lipinski definition) is 2. The zero-order valence-electron chi connectivity index (χ0n) is 13.5. The van der Waals surface area contributed by atoms with Gasteiger partial charge < -0.3 is 11.1 Å². The summed E-state index contributed by atoms with van der Waals surface area (Å²) in [5, 5.41) is 2.83. The van der Waals surface area contributed by atoms with Gasteiger partial charge in [-0.1, -0.05) is 31.3 Å². The summed E-state index contributed by atoms with van der Waals surface area (Å²) in [5.74, 6) is -0.483. The monoisotopic (exact) mass is 294 g/mol. The molecule has 2 amide bonds. The van der Waals surface area contributed by atoms with E-state index in [9.17, 15) is 9.59 Å². The Bertz CT molecular complexity index is 373. The number of allylic oxidation sites excluding steroid dienone is 1. The summed E-state index contributed by atoms with van der Waals surface area (Å²) in [6.45, 7) is 8.23. The van der Waals surface area contributed by atoms with Crippen LogP contribution in [0.15, 0.2) is 12.2 Å². The molecule has 1 rings (SSSR count). The number of rotatable bonds is 9. The van der Waals surface area contributed by atoms with Crippen LogP contribution in [0.5, 0.6) is 0 Å². The predicted octanol–water partition coefficient (Wildman–Crippen LogP) is 2.78. The van der Waals surface area contributed by atoms with Crippen molar-refractivity contribution in [2.75, 3.05) is 6.54 Å². The third-order valence-corrected chi connectivity index (χ3v) is 4.47. The lowest BCUT2D eigenvalue weighted by atomic mass is 9.81. The number of nitrogens with two attached hydrogens (primary N) is 1. The Hall–Kier alpha value is -1.32. The Morgan fingerprint density at radius 3 is 2.38 bits per heavy atom. The normalized spacial score (nSPS) is 18.2. The number of primary amides is 1. The van der Waals surface area contributed by atoms with Gasteiger partial charge in [0, 0.05) is 12.5 Å². The Morgan fingerprint density at radius 1 is 1.29 bits per heavy atom. The highest BCUT2D eigenvalue weighted by molar-refractivity contribution is 5.87. The lowest BCUT2D eigenvalue weighted by Crippen LogP contribution is -2.40. The van der Waals surface area contributed by atoms with Crippen LogP contribution in [0, 0.1) is 17.8 Å². The number of carbonyl (C=O) groups is 2. The fraction of sp³-hybridized carbons (Fsp3) is 0.765. The van der Waals surface area contributed by atoms with E-state index in [1.807, 2.05) is 13.8 Å². The summed E-state index contributed by atoms with van der Waals surface area (Å²) >= 11 is 0. The topological polar surface area (TPSA) is 72.2 Å². The van der Waals surface area contributed by atoms with E-state index in [1.165, 1.54) is 25.7 Å². The number of nitrogens with one attached hydrogen (secondary N) is 1. The Morgan fingerprint density at radius 2 is 1.90 bits per heavy atom. The van der Waals surface area contributed by atoms with Crippen molar-refractivity contribution in [3.63, 3.8) is 0 Å². The molecule has 0 radical (unpaired) electrons. The number of amides is 2. The minimum Gasteiger partial charge on any atom is -0.369 e. The van der Waals surface area contributed by atoms with Crippen LogP contribution in [0.2, 0.25) is 0 Å². The number of hydrogen-bond donors (Lipinski definition) is 2. The molecule has 4 nitrogen and oxygen atoms in total. The molecule has 1 aliphatic carbocycles. The SMILES string of the molecule is C=C(C)C[C@@H](C(=O)NCC)[C@H](CCC1CCCC1)C(N)=O. The van der Waals surface area contributed by atoms with Crippen LogP contribution < -0.4 is 11.1 Å². The van der Waals surface area contributed by atoms with Crippen molar-refractivity contribution in [3.8, 4) is 0 Å². The zero-order chi connectivity index (χ0) is 15.8. The van der Waals surface area contributed by atoms with Gasteiger partial charge in [0.05, 0.1) is 5.92 Å². The fourth-order valence-corrected chi connectivity index (χ4v) is 3.35. The molecule has 0 heterocycles. The molecule has 2 atom stereocenters. The molecule has 3 N–H and O–H groups in total. The highest BCUT2D eigenvalue weighted by atomic mass is 16.2. The summed E-state index contributed by atoms with van der Waals surface area (Å²) in [6.07, 6.45) is 7.32. The van der Waals surface area contributed by atoms with Crippen molar-refractivity contribution in [1.82, 2.24) is 5.32 Å². The second-order valence-electron chi connectivity index (χ2n) is 6.40. The maximum absolute atomic E-state index is 12.3. The third kappa shape index (κ3) is 5.90. The van der Waals surface area contributed by atoms with Gasteiger partial charge in [-0.3, -0.25) is 9.59 Å². The Kier molecular flexibility index (Phi) is 7.48. The molecule has 0 aromatic carbocycles. The van der Waals surface area contributed by atoms with Gasteiger partial charge >= 0.3 is 0 Å². The molecule has 0 aromatic heterocycles. The number of carbonyl (C=O) groups excluding carboxylic acids is 2. The van der Waals surface area contributed by atoms with E-state index in [0.717, 1.165) is 18.4 Å². The highest BCUT2D eigenvalue weighted by Crippen LogP contribution is 2.32. The van der Waals surface area contributed by atoms with Gasteiger partial charge in [0.25, 0.3) is 0 Å². The summed E-state index contributed by atoms with van der Waals surface area (Å²) in [5.41, 5.74) is 6.50. The van der Waals surface area contributed by atoms with Crippen LogP contribution in [0.25, 0.3) is 0 Å². The standard InChI is InChI=1S/C17H30N2O2/c1-4-19-17(21)15(11-12(2)3)14(16(18)20)10-9-13-7-5-6-8-13/h13-15H,2,4-11H2,1,3H3,(H2,18,20)(H,19,21)/t14-,15+/m0/s1. The van der Waals surface area contributed by atoms with Gasteiger partial charge in [0.15, 0.2) is 0 Å². The van der Waals surface area contributed by atoms with Crippen molar-refractivity contribution >= 4 is 11.8 Å². The van der Waals surface area contributed by atoms with E-state index in [4.69, 9.17) is 5.73 Å². The molecular weight excluding hydrogens is 264 g/mol. The van der Waals surface area contributed by atoms with Crippen molar-refractivity contribution < 1.29 is 9.59 Å². The Balaban J connectivity index is 2.72. The van der Waals surface area contributed by atoms with Crippen LogP contribution in [-0.4, -0.2) is 18.4 Å². The van der Waals surface area contributed by atoms with Gasteiger partial charge in [-0.15, -0.1) is 6.58 Å². The lowest BCUT2D eigenvalue weighted by molar-refractivity contribution is -0.133. The zero-order valence-corrected chi connectivity index (χ0v) is 13.5. The first-order valence-electron chi connectivity index (χ1n) is 8.17. The average molecular weight is 294 g/mol. The fourth-order valence-electron chi connectivity index (χ4n) is 3.35. The smallest absolute Gasteiger partial charge is 0.224 e. The second-order valence-corrected chi connectivity index (χ2v) is 6.40. The summed E-state index contributed by atoms with van der Waals surface area (Å²) < 4.78 is 0. The van der Waals surface area contributed by atoms with E-state index in [1.54, 1.807) is 0 Å². The van der Waals surface area contributed by atoms with E-state index in [-0.39, 0.29) is 23.7 Å². The van der Waals surface area contributed by atoms with Gasteiger partial charge in [0.1, 0.15) is 0 Å². The second kappa shape index (κ2) is 8.85. The van der Waals surface area contributed by atoms with Gasteiger partial charge in [0.2, 0.25) is 11.8 Å². The molecule has 1 fully saturated rings. The molecule has 1 aliphatic rings. The van der Waals surface area contributed by atoms with Gasteiger partial charge in [-0.2, -0.15) is 0 Å². The van der Waals surface area contributed by atoms with Crippen molar-refractivity contribution in [3.05, 3.63) is 12.2 Å². The Labute approximate surface area is 128 Å². The molecule has 0 aromatic rings.